The van der Waals surface area contributed by atoms with Gasteiger partial charge in [0.2, 0.25) is 0 Å². The Balaban J connectivity index is 1.41. The van der Waals surface area contributed by atoms with Gasteiger partial charge < -0.3 is 0 Å². The van der Waals surface area contributed by atoms with Crippen molar-refractivity contribution in [2.24, 2.45) is 11.3 Å². The lowest BCUT2D eigenvalue weighted by Crippen LogP contribution is -2.57. The molecule has 41 heavy (non-hydrogen) atoms. The molecule has 2 atom stereocenters. The van der Waals surface area contributed by atoms with Gasteiger partial charge in [0.05, 0.1) is 17.3 Å². The Morgan fingerprint density at radius 1 is 1.02 bits per heavy atom. The number of carbonyl (C=O) groups excluding carboxylic acids is 1. The second-order valence-electron chi connectivity index (χ2n) is 10.3. The standard InChI is InChI=1S/C28H23F4N5O3S/c29-20-7-9-21(10-8-20)37-23-14-19-11-13-36(41(39,40)25-6-3-5-24(35-25)28(30,31)32)17-27(19,15-18(23)16-34-37)26(38)22-4-1-2-12-33-22/h1-10,12,16,19H,11,13-15,17H2/t19-,27-/m0/s1. The van der Waals surface area contributed by atoms with Crippen molar-refractivity contribution in [3.8, 4) is 5.69 Å². The lowest BCUT2D eigenvalue weighted by Gasteiger charge is -2.49. The number of aromatic nitrogens is 4. The van der Waals surface area contributed by atoms with E-state index in [2.05, 4.69) is 15.1 Å². The van der Waals surface area contributed by atoms with E-state index in [1.807, 2.05) is 0 Å². The van der Waals surface area contributed by atoms with Crippen LogP contribution in [0.1, 0.15) is 33.9 Å². The molecule has 0 saturated carbocycles. The van der Waals surface area contributed by atoms with Crippen molar-refractivity contribution >= 4 is 15.8 Å². The van der Waals surface area contributed by atoms with Crippen LogP contribution in [0.5, 0.6) is 0 Å². The largest absolute Gasteiger partial charge is 0.433 e. The summed E-state index contributed by atoms with van der Waals surface area (Å²) in [4.78, 5) is 21.8. The minimum absolute atomic E-state index is 0.0117. The van der Waals surface area contributed by atoms with Crippen molar-refractivity contribution in [2.45, 2.75) is 30.5 Å². The summed E-state index contributed by atoms with van der Waals surface area (Å²) in [6, 6.07) is 13.5. The van der Waals surface area contributed by atoms with Gasteiger partial charge in [-0.05, 0) is 79.3 Å². The van der Waals surface area contributed by atoms with Gasteiger partial charge in [0.25, 0.3) is 10.0 Å². The van der Waals surface area contributed by atoms with Crippen LogP contribution in [0.25, 0.3) is 5.69 Å². The zero-order chi connectivity index (χ0) is 29.0. The molecule has 4 aromatic rings. The molecule has 6 rings (SSSR count). The van der Waals surface area contributed by atoms with E-state index in [0.29, 0.717) is 18.2 Å². The summed E-state index contributed by atoms with van der Waals surface area (Å²) < 4.78 is 83.5. The number of hydrogen-bond acceptors (Lipinski definition) is 6. The van der Waals surface area contributed by atoms with E-state index in [-0.39, 0.29) is 43.3 Å². The topological polar surface area (TPSA) is 98.0 Å². The molecular weight excluding hydrogens is 562 g/mol. The van der Waals surface area contributed by atoms with Crippen molar-refractivity contribution in [1.29, 1.82) is 0 Å². The Kier molecular flexibility index (Phi) is 6.53. The van der Waals surface area contributed by atoms with Crippen molar-refractivity contribution in [3.63, 3.8) is 0 Å². The fourth-order valence-electron chi connectivity index (χ4n) is 5.89. The van der Waals surface area contributed by atoms with E-state index in [4.69, 9.17) is 0 Å². The van der Waals surface area contributed by atoms with Gasteiger partial charge in [0, 0.05) is 25.0 Å². The molecule has 1 aliphatic carbocycles. The van der Waals surface area contributed by atoms with Gasteiger partial charge in [-0.15, -0.1) is 0 Å². The quantitative estimate of drug-likeness (QED) is 0.253. The number of rotatable bonds is 5. The van der Waals surface area contributed by atoms with Crippen LogP contribution in [0.2, 0.25) is 0 Å². The van der Waals surface area contributed by atoms with Gasteiger partial charge in [0.15, 0.2) is 10.8 Å². The number of fused-ring (bicyclic) bond motifs is 2. The normalized spacial score (nSPS) is 21.2. The van der Waals surface area contributed by atoms with E-state index < -0.39 is 38.2 Å². The number of Topliss-reactive ketones (excluding diaryl/α,β-unsaturated/α-hetero) is 1. The first-order chi connectivity index (χ1) is 19.5. The summed E-state index contributed by atoms with van der Waals surface area (Å²) >= 11 is 0. The van der Waals surface area contributed by atoms with E-state index in [1.54, 1.807) is 41.2 Å². The summed E-state index contributed by atoms with van der Waals surface area (Å²) in [5.74, 6) is -1.06. The predicted octanol–water partition coefficient (Wildman–Crippen LogP) is 4.50. The van der Waals surface area contributed by atoms with Crippen LogP contribution in [-0.2, 0) is 29.0 Å². The van der Waals surface area contributed by atoms with Crippen molar-refractivity contribution in [2.75, 3.05) is 13.1 Å². The van der Waals surface area contributed by atoms with E-state index in [1.165, 1.54) is 18.3 Å². The number of sulfonamides is 1. The molecule has 0 bridgehead atoms. The number of benzene rings is 1. The molecule has 0 unspecified atom stereocenters. The van der Waals surface area contributed by atoms with E-state index in [9.17, 15) is 30.8 Å². The van der Waals surface area contributed by atoms with Gasteiger partial charge in [-0.1, -0.05) is 12.1 Å². The van der Waals surface area contributed by atoms with Crippen LogP contribution in [0, 0.1) is 17.2 Å². The van der Waals surface area contributed by atoms with Gasteiger partial charge in [-0.3, -0.25) is 9.78 Å². The number of nitrogens with zero attached hydrogens (tertiary/aromatic N) is 5. The zero-order valence-corrected chi connectivity index (χ0v) is 22.2. The highest BCUT2D eigenvalue weighted by Gasteiger charge is 2.55. The monoisotopic (exact) mass is 585 g/mol. The Morgan fingerprint density at radius 2 is 1.80 bits per heavy atom. The van der Waals surface area contributed by atoms with Crippen LogP contribution < -0.4 is 0 Å². The van der Waals surface area contributed by atoms with Gasteiger partial charge in [-0.25, -0.2) is 22.5 Å². The number of carbonyl (C=O) groups is 1. The molecule has 0 radical (unpaired) electrons. The molecule has 3 aromatic heterocycles. The second kappa shape index (κ2) is 9.84. The maximum Gasteiger partial charge on any atom is 0.433 e. The summed E-state index contributed by atoms with van der Waals surface area (Å²) in [5.41, 5.74) is -0.183. The molecule has 8 nitrogen and oxygen atoms in total. The SMILES string of the molecule is O=C(c1ccccn1)[C@]12Cc3cnn(-c4ccc(F)cc4)c3C[C@@H]1CCN(S(=O)(=O)c1cccc(C(F)(F)F)n1)C2. The van der Waals surface area contributed by atoms with Gasteiger partial charge in [-0.2, -0.15) is 22.6 Å². The maximum atomic E-state index is 14.2. The third kappa shape index (κ3) is 4.72. The fraction of sp³-hybridized carbons (Fsp3) is 0.286. The van der Waals surface area contributed by atoms with Crippen LogP contribution in [-0.4, -0.2) is 51.3 Å². The Morgan fingerprint density at radius 3 is 2.51 bits per heavy atom. The molecular formula is C28H23F4N5O3S. The van der Waals surface area contributed by atoms with Gasteiger partial charge in [0.1, 0.15) is 17.2 Å². The molecule has 4 heterocycles. The molecule has 212 valence electrons. The predicted molar refractivity (Wildman–Crippen MR) is 138 cm³/mol. The Bertz CT molecular complexity index is 1730. The van der Waals surface area contributed by atoms with Crippen LogP contribution in [0.3, 0.4) is 0 Å². The molecule has 1 saturated heterocycles. The van der Waals surface area contributed by atoms with Crippen molar-refractivity contribution < 1.29 is 30.8 Å². The van der Waals surface area contributed by atoms with Crippen molar-refractivity contribution in [1.82, 2.24) is 24.1 Å². The second-order valence-corrected chi connectivity index (χ2v) is 12.2. The first kappa shape index (κ1) is 27.2. The number of alkyl halides is 3. The number of ketones is 1. The number of halogens is 4. The molecule has 1 aliphatic heterocycles. The molecule has 0 N–H and O–H groups in total. The molecule has 0 amide bonds. The zero-order valence-electron chi connectivity index (χ0n) is 21.4. The highest BCUT2D eigenvalue weighted by molar-refractivity contribution is 7.89. The van der Waals surface area contributed by atoms with Crippen molar-refractivity contribution in [3.05, 3.63) is 102 Å². The first-order valence-corrected chi connectivity index (χ1v) is 14.2. The maximum absolute atomic E-state index is 14.2. The third-order valence-electron chi connectivity index (χ3n) is 7.91. The summed E-state index contributed by atoms with van der Waals surface area (Å²) in [7, 11) is -4.48. The molecule has 0 spiro atoms. The lowest BCUT2D eigenvalue weighted by atomic mass is 9.60. The highest BCUT2D eigenvalue weighted by atomic mass is 32.2. The average Bonchev–Trinajstić information content (AvgIpc) is 3.38. The molecule has 2 aliphatic rings. The first-order valence-electron chi connectivity index (χ1n) is 12.8. The lowest BCUT2D eigenvalue weighted by molar-refractivity contribution is -0.141. The number of pyridine rings is 2. The summed E-state index contributed by atoms with van der Waals surface area (Å²) in [5, 5.41) is 3.76. The minimum Gasteiger partial charge on any atom is -0.292 e. The average molecular weight is 586 g/mol. The van der Waals surface area contributed by atoms with Gasteiger partial charge >= 0.3 is 6.18 Å². The smallest absolute Gasteiger partial charge is 0.292 e. The molecule has 13 heteroatoms. The molecule has 1 fully saturated rings. The Labute approximate surface area is 232 Å². The van der Waals surface area contributed by atoms with Crippen LogP contribution in [0.4, 0.5) is 17.6 Å². The van der Waals surface area contributed by atoms with E-state index in [0.717, 1.165) is 27.7 Å². The minimum atomic E-state index is -4.82. The van der Waals surface area contributed by atoms with Crippen LogP contribution in [0.15, 0.2) is 78.1 Å². The fourth-order valence-corrected chi connectivity index (χ4v) is 7.37. The summed E-state index contributed by atoms with van der Waals surface area (Å²) in [6.07, 6.45) is -0.926. The van der Waals surface area contributed by atoms with E-state index >= 15 is 0 Å². The molecule has 1 aromatic carbocycles. The number of hydrogen-bond donors (Lipinski definition) is 0. The van der Waals surface area contributed by atoms with Crippen LogP contribution >= 0.6 is 0 Å². The third-order valence-corrected chi connectivity index (χ3v) is 9.65. The summed E-state index contributed by atoms with van der Waals surface area (Å²) in [6.45, 7) is -0.267. The number of piperidine rings is 1. The Hall–Kier alpha value is -3.97. The highest BCUT2D eigenvalue weighted by Crippen LogP contribution is 2.48.